The fourth-order valence-corrected chi connectivity index (χ4v) is 0.688. The van der Waals surface area contributed by atoms with Crippen molar-refractivity contribution in [1.29, 1.82) is 0 Å². The van der Waals surface area contributed by atoms with Crippen molar-refractivity contribution in [1.82, 2.24) is 4.67 Å². The molecule has 4 heteroatoms. The van der Waals surface area contributed by atoms with Crippen LogP contribution in [0.5, 0.6) is 0 Å². The molecule has 0 aromatic heterocycles. The number of carbonyl (C=O) groups is 1. The van der Waals surface area contributed by atoms with Crippen molar-refractivity contribution in [3.05, 3.63) is 0 Å². The van der Waals surface area contributed by atoms with E-state index in [1.54, 1.807) is 4.67 Å². The third-order valence-electron chi connectivity index (χ3n) is 0.731. The number of ether oxygens (including phenoxy) is 1. The molecule has 0 aromatic carbocycles. The van der Waals surface area contributed by atoms with E-state index in [2.05, 4.69) is 14.1 Å². The molecule has 0 radical (unpaired) electrons. The second-order valence-electron chi connectivity index (χ2n) is 1.89. The van der Waals surface area contributed by atoms with Gasteiger partial charge >= 0.3 is 0 Å². The molecular formula is C5H12NO2P. The highest BCUT2D eigenvalue weighted by molar-refractivity contribution is 7.13. The highest BCUT2D eigenvalue weighted by atomic mass is 31.0. The number of nitrogens with zero attached hydrogens (tertiary/aromatic N) is 1. The Kier molecular flexibility index (Phi) is 4.87. The zero-order valence-corrected chi connectivity index (χ0v) is 6.91. The van der Waals surface area contributed by atoms with Crippen molar-refractivity contribution < 1.29 is 9.53 Å². The van der Waals surface area contributed by atoms with Gasteiger partial charge in [-0.3, -0.25) is 9.46 Å². The lowest BCUT2D eigenvalue weighted by atomic mass is 10.4. The van der Waals surface area contributed by atoms with E-state index < -0.39 is 0 Å². The molecule has 1 atom stereocenters. The quantitative estimate of drug-likeness (QED) is 0.524. The van der Waals surface area contributed by atoms with Gasteiger partial charge in [-0.25, -0.2) is 0 Å². The number of Topliss-reactive ketones (excluding diaryl/α,β-unsaturated/α-hetero) is 1. The van der Waals surface area contributed by atoms with Gasteiger partial charge in [0.05, 0.1) is 6.54 Å². The number of methoxy groups -OCH3 is 1. The fourth-order valence-electron chi connectivity index (χ4n) is 0.485. The predicted octanol–water partition coefficient (Wildman–Crippen LogP) is -0.0762. The molecule has 0 aliphatic rings. The minimum absolute atomic E-state index is 0.0926. The Balaban J connectivity index is 3.27. The lowest BCUT2D eigenvalue weighted by Crippen LogP contribution is -2.20. The Morgan fingerprint density at radius 1 is 1.78 bits per heavy atom. The van der Waals surface area contributed by atoms with Gasteiger partial charge in [0.2, 0.25) is 0 Å². The van der Waals surface area contributed by atoms with Crippen LogP contribution in [0.1, 0.15) is 0 Å². The SMILES string of the molecule is COCC(=O)CN(C)P. The summed E-state index contributed by atoms with van der Waals surface area (Å²) in [4.78, 5) is 10.7. The van der Waals surface area contributed by atoms with Gasteiger partial charge in [0.25, 0.3) is 0 Å². The molecule has 0 saturated heterocycles. The van der Waals surface area contributed by atoms with Crippen LogP contribution in [0, 0.1) is 0 Å². The molecule has 0 bridgehead atoms. The van der Waals surface area contributed by atoms with Crippen LogP contribution in [0.2, 0.25) is 0 Å². The molecule has 0 fully saturated rings. The molecule has 54 valence electrons. The van der Waals surface area contributed by atoms with Crippen molar-refractivity contribution in [2.45, 2.75) is 0 Å². The summed E-state index contributed by atoms with van der Waals surface area (Å²) in [5, 5.41) is 0. The normalized spacial score (nSPS) is 10.2. The van der Waals surface area contributed by atoms with Gasteiger partial charge in [0.1, 0.15) is 6.61 Å². The van der Waals surface area contributed by atoms with Crippen molar-refractivity contribution in [2.24, 2.45) is 0 Å². The van der Waals surface area contributed by atoms with Crippen LogP contribution in [0.15, 0.2) is 0 Å². The highest BCUT2D eigenvalue weighted by Gasteiger charge is 2.00. The molecule has 1 unspecified atom stereocenters. The predicted molar refractivity (Wildman–Crippen MR) is 39.2 cm³/mol. The molecule has 0 spiro atoms. The first-order chi connectivity index (χ1) is 4.16. The summed E-state index contributed by atoms with van der Waals surface area (Å²) < 4.78 is 6.36. The summed E-state index contributed by atoms with van der Waals surface area (Å²) in [5.41, 5.74) is 0. The molecular weight excluding hydrogens is 137 g/mol. The van der Waals surface area contributed by atoms with Crippen LogP contribution in [0.25, 0.3) is 0 Å². The maximum atomic E-state index is 10.7. The topological polar surface area (TPSA) is 29.5 Å². The molecule has 0 aliphatic heterocycles. The van der Waals surface area contributed by atoms with Crippen molar-refractivity contribution >= 4 is 15.2 Å². The Morgan fingerprint density at radius 3 is 2.67 bits per heavy atom. The standard InChI is InChI=1S/C5H12NO2P/c1-6(9)3-5(7)4-8-2/h3-4,9H2,1-2H3. The van der Waals surface area contributed by atoms with Gasteiger partial charge in [-0.2, -0.15) is 0 Å². The van der Waals surface area contributed by atoms with Crippen LogP contribution in [-0.4, -0.2) is 37.8 Å². The zero-order chi connectivity index (χ0) is 7.28. The monoisotopic (exact) mass is 149 g/mol. The molecule has 9 heavy (non-hydrogen) atoms. The van der Waals surface area contributed by atoms with E-state index in [0.29, 0.717) is 6.54 Å². The molecule has 0 rings (SSSR count). The van der Waals surface area contributed by atoms with Crippen LogP contribution < -0.4 is 0 Å². The molecule has 0 heterocycles. The summed E-state index contributed by atoms with van der Waals surface area (Å²) in [6, 6.07) is 0. The number of hydrogen-bond acceptors (Lipinski definition) is 3. The van der Waals surface area contributed by atoms with Gasteiger partial charge in [-0.15, -0.1) is 0 Å². The Bertz CT molecular complexity index is 95.0. The Labute approximate surface area is 57.6 Å². The number of hydrogen-bond donors (Lipinski definition) is 0. The van der Waals surface area contributed by atoms with Gasteiger partial charge in [0.15, 0.2) is 5.78 Å². The largest absolute Gasteiger partial charge is 0.377 e. The van der Waals surface area contributed by atoms with E-state index in [1.165, 1.54) is 7.11 Å². The zero-order valence-electron chi connectivity index (χ0n) is 5.76. The van der Waals surface area contributed by atoms with E-state index >= 15 is 0 Å². The number of likely N-dealkylation sites (N-methyl/N-ethyl adjacent to an activating group) is 1. The first-order valence-corrected chi connectivity index (χ1v) is 3.15. The van der Waals surface area contributed by atoms with Gasteiger partial charge in [-0.1, -0.05) is 9.39 Å². The van der Waals surface area contributed by atoms with E-state index in [0.717, 1.165) is 0 Å². The smallest absolute Gasteiger partial charge is 0.172 e. The average molecular weight is 149 g/mol. The van der Waals surface area contributed by atoms with Crippen molar-refractivity contribution in [3.8, 4) is 0 Å². The maximum absolute atomic E-state index is 10.7. The first kappa shape index (κ1) is 9.02. The van der Waals surface area contributed by atoms with Gasteiger partial charge in [0, 0.05) is 7.11 Å². The van der Waals surface area contributed by atoms with Crippen LogP contribution in [-0.2, 0) is 9.53 Å². The third kappa shape index (κ3) is 5.90. The summed E-state index contributed by atoms with van der Waals surface area (Å²) in [7, 11) is 5.74. The van der Waals surface area contributed by atoms with Gasteiger partial charge < -0.3 is 4.74 Å². The fraction of sp³-hybridized carbons (Fsp3) is 0.800. The molecule has 3 nitrogen and oxygen atoms in total. The second-order valence-corrected chi connectivity index (χ2v) is 2.77. The van der Waals surface area contributed by atoms with E-state index in [1.807, 2.05) is 7.05 Å². The number of rotatable bonds is 4. The number of carbonyl (C=O) groups excluding carboxylic acids is 1. The molecule has 0 saturated carbocycles. The minimum atomic E-state index is 0.0926. The number of ketones is 1. The molecule has 0 N–H and O–H groups in total. The van der Waals surface area contributed by atoms with Crippen LogP contribution in [0.3, 0.4) is 0 Å². The summed E-state index contributed by atoms with van der Waals surface area (Å²) in [6.45, 7) is 0.636. The van der Waals surface area contributed by atoms with Crippen LogP contribution >= 0.6 is 9.39 Å². The highest BCUT2D eigenvalue weighted by Crippen LogP contribution is 1.90. The lowest BCUT2D eigenvalue weighted by molar-refractivity contribution is -0.122. The third-order valence-corrected chi connectivity index (χ3v) is 0.914. The van der Waals surface area contributed by atoms with Crippen LogP contribution in [0.4, 0.5) is 0 Å². The first-order valence-electron chi connectivity index (χ1n) is 2.63. The molecule has 0 amide bonds. The minimum Gasteiger partial charge on any atom is -0.377 e. The lowest BCUT2D eigenvalue weighted by Gasteiger charge is -2.05. The molecule has 0 aromatic rings. The maximum Gasteiger partial charge on any atom is 0.172 e. The average Bonchev–Trinajstić information content (AvgIpc) is 1.63. The Hall–Kier alpha value is 0.0200. The summed E-state index contributed by atoms with van der Waals surface area (Å²) >= 11 is 0. The van der Waals surface area contributed by atoms with E-state index in [-0.39, 0.29) is 12.4 Å². The van der Waals surface area contributed by atoms with Gasteiger partial charge in [-0.05, 0) is 7.05 Å². The summed E-state index contributed by atoms with van der Waals surface area (Å²) in [5.74, 6) is 0.0926. The van der Waals surface area contributed by atoms with Crippen molar-refractivity contribution in [3.63, 3.8) is 0 Å². The van der Waals surface area contributed by atoms with Crippen molar-refractivity contribution in [2.75, 3.05) is 27.3 Å². The second kappa shape index (κ2) is 4.86. The molecule has 0 aliphatic carbocycles. The Morgan fingerprint density at radius 2 is 2.33 bits per heavy atom. The van der Waals surface area contributed by atoms with E-state index in [9.17, 15) is 4.79 Å². The summed E-state index contributed by atoms with van der Waals surface area (Å²) in [6.07, 6.45) is 0. The van der Waals surface area contributed by atoms with E-state index in [4.69, 9.17) is 0 Å².